The number of rotatable bonds is 9. The molecule has 220 valence electrons. The average molecular weight is 581 g/mol. The minimum absolute atomic E-state index is 0.0339. The quantitative estimate of drug-likeness (QED) is 0.149. The molecule has 43 heavy (non-hydrogen) atoms. The summed E-state index contributed by atoms with van der Waals surface area (Å²) in [4.78, 5) is 12.9. The first-order chi connectivity index (χ1) is 20.9. The van der Waals surface area contributed by atoms with Crippen molar-refractivity contribution in [2.75, 3.05) is 13.2 Å². The maximum atomic E-state index is 14.5. The van der Waals surface area contributed by atoms with Gasteiger partial charge in [-0.05, 0) is 92.1 Å². The van der Waals surface area contributed by atoms with Crippen LogP contribution in [0.1, 0.15) is 67.3 Å². The fraction of sp³-hybridized carbons (Fsp3) is 0.324. The lowest BCUT2D eigenvalue weighted by Gasteiger charge is -2.17. The van der Waals surface area contributed by atoms with Gasteiger partial charge in [0.15, 0.2) is 23.1 Å². The number of fused-ring (bicyclic) bond motifs is 2. The van der Waals surface area contributed by atoms with Crippen molar-refractivity contribution in [2.45, 2.75) is 46.1 Å². The van der Waals surface area contributed by atoms with Crippen LogP contribution in [0.4, 0.5) is 8.78 Å². The highest BCUT2D eigenvalue weighted by Gasteiger charge is 2.40. The van der Waals surface area contributed by atoms with Crippen LogP contribution < -0.4 is 9.47 Å². The first-order valence-corrected chi connectivity index (χ1v) is 14.8. The van der Waals surface area contributed by atoms with Gasteiger partial charge < -0.3 is 14.2 Å². The highest BCUT2D eigenvalue weighted by molar-refractivity contribution is 5.74. The van der Waals surface area contributed by atoms with Gasteiger partial charge in [-0.2, -0.15) is 0 Å². The number of hydrogen-bond acceptors (Lipinski definition) is 4. The van der Waals surface area contributed by atoms with Crippen molar-refractivity contribution in [3.63, 3.8) is 0 Å². The summed E-state index contributed by atoms with van der Waals surface area (Å²) in [6.45, 7) is 4.83. The van der Waals surface area contributed by atoms with E-state index in [4.69, 9.17) is 14.2 Å². The van der Waals surface area contributed by atoms with Gasteiger partial charge in [0.2, 0.25) is 0 Å². The Labute approximate surface area is 252 Å². The summed E-state index contributed by atoms with van der Waals surface area (Å²) in [5.74, 6) is 12.0. The van der Waals surface area contributed by atoms with E-state index in [1.54, 1.807) is 36.4 Å². The molecule has 0 saturated heterocycles. The van der Waals surface area contributed by atoms with Crippen LogP contribution >= 0.6 is 0 Å². The number of hydrogen-bond donors (Lipinski definition) is 0. The second-order valence-electron chi connectivity index (χ2n) is 10.9. The van der Waals surface area contributed by atoms with E-state index in [2.05, 4.69) is 35.8 Å². The summed E-state index contributed by atoms with van der Waals surface area (Å²) in [5.41, 5.74) is 2.99. The normalized spacial score (nSPS) is 17.9. The first kappa shape index (κ1) is 29.9. The maximum Gasteiger partial charge on any atom is 0.309 e. The van der Waals surface area contributed by atoms with E-state index in [1.807, 2.05) is 19.9 Å². The molecule has 0 N–H and O–H groups in total. The first-order valence-electron chi connectivity index (χ1n) is 14.8. The van der Waals surface area contributed by atoms with Gasteiger partial charge in [-0.15, -0.1) is 0 Å². The predicted molar refractivity (Wildman–Crippen MR) is 161 cm³/mol. The van der Waals surface area contributed by atoms with E-state index in [9.17, 15) is 13.6 Å². The molecule has 0 aliphatic heterocycles. The third-order valence-corrected chi connectivity index (χ3v) is 7.54. The minimum Gasteiger partial charge on any atom is -0.491 e. The van der Waals surface area contributed by atoms with Crippen molar-refractivity contribution in [1.82, 2.24) is 0 Å². The molecule has 0 heterocycles. The summed E-state index contributed by atoms with van der Waals surface area (Å²) in [5, 5.41) is 0. The van der Waals surface area contributed by atoms with Gasteiger partial charge in [0.05, 0.1) is 19.1 Å². The Morgan fingerprint density at radius 2 is 1.35 bits per heavy atom. The fourth-order valence-electron chi connectivity index (χ4n) is 5.32. The van der Waals surface area contributed by atoms with Crippen LogP contribution in [-0.2, 0) is 16.1 Å². The zero-order chi connectivity index (χ0) is 30.2. The van der Waals surface area contributed by atoms with E-state index in [-0.39, 0.29) is 35.9 Å². The monoisotopic (exact) mass is 580 g/mol. The lowest BCUT2D eigenvalue weighted by atomic mass is 9.94. The third kappa shape index (κ3) is 7.65. The van der Waals surface area contributed by atoms with Crippen LogP contribution in [0.15, 0.2) is 66.7 Å². The molecule has 1 saturated carbocycles. The Hall–Kier alpha value is -4.55. The lowest BCUT2D eigenvalue weighted by Crippen LogP contribution is -2.21. The van der Waals surface area contributed by atoms with E-state index in [0.29, 0.717) is 46.9 Å². The number of ether oxygens (including phenoxy) is 3. The summed E-state index contributed by atoms with van der Waals surface area (Å²) >= 11 is 0. The van der Waals surface area contributed by atoms with Crippen molar-refractivity contribution in [1.29, 1.82) is 0 Å². The summed E-state index contributed by atoms with van der Waals surface area (Å²) in [6, 6.07) is 14.7. The molecule has 0 amide bonds. The largest absolute Gasteiger partial charge is 0.491 e. The predicted octanol–water partition coefficient (Wildman–Crippen LogP) is 7.60. The molecular formula is C37H34F2O4. The molecular weight excluding hydrogens is 546 g/mol. The van der Waals surface area contributed by atoms with E-state index >= 15 is 0 Å². The summed E-state index contributed by atoms with van der Waals surface area (Å²) < 4.78 is 45.5. The van der Waals surface area contributed by atoms with Gasteiger partial charge in [-0.25, -0.2) is 8.78 Å². The smallest absolute Gasteiger partial charge is 0.309 e. The van der Waals surface area contributed by atoms with Crippen LogP contribution in [0.3, 0.4) is 0 Å². The molecule has 0 spiro atoms. The molecule has 3 aromatic carbocycles. The van der Waals surface area contributed by atoms with Crippen molar-refractivity contribution >= 4 is 5.97 Å². The number of carbonyl (C=O) groups is 1. The van der Waals surface area contributed by atoms with Crippen LogP contribution in [0.5, 0.6) is 11.5 Å². The number of allylic oxidation sites excluding steroid dienone is 2. The molecule has 3 unspecified atom stereocenters. The molecule has 1 fully saturated rings. The fourth-order valence-corrected chi connectivity index (χ4v) is 5.32. The number of esters is 1. The van der Waals surface area contributed by atoms with Crippen molar-refractivity contribution in [3.05, 3.63) is 106 Å². The second-order valence-corrected chi connectivity index (χ2v) is 10.9. The Morgan fingerprint density at radius 1 is 0.767 bits per heavy atom. The third-order valence-electron chi connectivity index (χ3n) is 7.54. The number of benzene rings is 3. The summed E-state index contributed by atoms with van der Waals surface area (Å²) in [7, 11) is 0. The molecule has 2 aliphatic rings. The molecule has 2 aliphatic carbocycles. The number of halogens is 2. The lowest BCUT2D eigenvalue weighted by molar-refractivity contribution is -0.150. The molecule has 3 aromatic rings. The molecule has 5 rings (SSSR count). The molecule has 0 aromatic heterocycles. The zero-order valence-corrected chi connectivity index (χ0v) is 24.4. The molecule has 3 atom stereocenters. The van der Waals surface area contributed by atoms with E-state index in [0.717, 1.165) is 25.7 Å². The van der Waals surface area contributed by atoms with Gasteiger partial charge in [-0.3, -0.25) is 4.79 Å². The molecule has 4 nitrogen and oxygen atoms in total. The van der Waals surface area contributed by atoms with Gasteiger partial charge in [0.25, 0.3) is 0 Å². The Morgan fingerprint density at radius 3 is 1.88 bits per heavy atom. The minimum atomic E-state index is -0.471. The standard InChI is InChI=1S/C37H34F2O4/c1-3-17-41-35-15-10-26(22-33(35)38)6-5-25-7-12-29(13-8-27-11-16-36(34(39)23-27)42-18-4-2)31(19-25)24-43-37(40)32-21-28-9-14-30(32)20-28/h7,9-12,14-16,19,22-23,28,30,32H,3-4,17-18,20-21,24H2,1-2H3. The number of carbonyl (C=O) groups excluding carboxylic acids is 1. The molecule has 6 heteroatoms. The topological polar surface area (TPSA) is 44.8 Å². The van der Waals surface area contributed by atoms with Crippen LogP contribution in [-0.4, -0.2) is 19.2 Å². The van der Waals surface area contributed by atoms with Gasteiger partial charge in [0, 0.05) is 27.8 Å². The Bertz CT molecular complexity index is 1640. The summed E-state index contributed by atoms with van der Waals surface area (Å²) in [6.07, 6.45) is 7.70. The highest BCUT2D eigenvalue weighted by Crippen LogP contribution is 2.44. The SMILES string of the molecule is CCCOc1ccc(C#Cc2ccc(C#Cc3ccc(OCCC)c(F)c3)c(COC(=O)C3CC4C=CC3C4)c2)cc1F. The van der Waals surface area contributed by atoms with Crippen LogP contribution in [0.2, 0.25) is 0 Å². The van der Waals surface area contributed by atoms with Crippen molar-refractivity contribution < 1.29 is 27.8 Å². The van der Waals surface area contributed by atoms with Crippen molar-refractivity contribution in [3.8, 4) is 35.2 Å². The Balaban J connectivity index is 1.37. The zero-order valence-electron chi connectivity index (χ0n) is 24.4. The van der Waals surface area contributed by atoms with E-state index in [1.165, 1.54) is 12.1 Å². The Kier molecular flexibility index (Phi) is 9.80. The second kappa shape index (κ2) is 14.1. The molecule has 2 bridgehead atoms. The van der Waals surface area contributed by atoms with Crippen molar-refractivity contribution in [2.24, 2.45) is 17.8 Å². The van der Waals surface area contributed by atoms with Gasteiger partial charge in [-0.1, -0.05) is 49.7 Å². The molecule has 0 radical (unpaired) electrons. The van der Waals surface area contributed by atoms with Crippen LogP contribution in [0.25, 0.3) is 0 Å². The van der Waals surface area contributed by atoms with Gasteiger partial charge >= 0.3 is 5.97 Å². The van der Waals surface area contributed by atoms with Gasteiger partial charge in [0.1, 0.15) is 6.61 Å². The highest BCUT2D eigenvalue weighted by atomic mass is 19.1. The van der Waals surface area contributed by atoms with E-state index < -0.39 is 11.6 Å². The average Bonchev–Trinajstić information content (AvgIpc) is 3.65. The van der Waals surface area contributed by atoms with Crippen LogP contribution in [0, 0.1) is 53.1 Å². The maximum absolute atomic E-state index is 14.5.